The average molecular weight is 230 g/mol. The molecule has 0 N–H and O–H groups in total. The molecule has 1 aromatic heterocycles. The number of anilines is 1. The van der Waals surface area contributed by atoms with Crippen molar-refractivity contribution in [3.05, 3.63) is 17.3 Å². The lowest BCUT2D eigenvalue weighted by Gasteiger charge is -2.27. The zero-order valence-corrected chi connectivity index (χ0v) is 10.0. The van der Waals surface area contributed by atoms with Gasteiger partial charge in [-0.15, -0.1) is 10.2 Å². The molecule has 0 saturated heterocycles. The molecule has 1 unspecified atom stereocenters. The van der Waals surface area contributed by atoms with E-state index in [1.165, 1.54) is 0 Å². The summed E-state index contributed by atoms with van der Waals surface area (Å²) in [4.78, 5) is 2.12. The van der Waals surface area contributed by atoms with Crippen LogP contribution in [0.2, 0.25) is 5.15 Å². The summed E-state index contributed by atoms with van der Waals surface area (Å²) in [7, 11) is 1.69. The van der Waals surface area contributed by atoms with Gasteiger partial charge in [0.2, 0.25) is 0 Å². The quantitative estimate of drug-likeness (QED) is 0.774. The number of rotatable bonds is 5. The van der Waals surface area contributed by atoms with Crippen LogP contribution in [0.25, 0.3) is 0 Å². The number of likely N-dealkylation sites (N-methyl/N-ethyl adjacent to an activating group) is 1. The summed E-state index contributed by atoms with van der Waals surface area (Å²) in [5.74, 6) is 0.825. The minimum atomic E-state index is 0.274. The number of hydrogen-bond donors (Lipinski definition) is 0. The maximum atomic E-state index is 5.68. The molecule has 1 atom stereocenters. The molecule has 1 rings (SSSR count). The van der Waals surface area contributed by atoms with E-state index in [-0.39, 0.29) is 6.04 Å². The van der Waals surface area contributed by atoms with Crippen molar-refractivity contribution in [2.24, 2.45) is 0 Å². The topological polar surface area (TPSA) is 38.2 Å². The van der Waals surface area contributed by atoms with E-state index < -0.39 is 0 Å². The Kier molecular flexibility index (Phi) is 4.78. The van der Waals surface area contributed by atoms with Gasteiger partial charge >= 0.3 is 0 Å². The number of nitrogens with zero attached hydrogens (tertiary/aromatic N) is 3. The molecule has 0 saturated carbocycles. The molecule has 0 fully saturated rings. The summed E-state index contributed by atoms with van der Waals surface area (Å²) in [5.41, 5.74) is 0. The van der Waals surface area contributed by atoms with Crippen LogP contribution < -0.4 is 4.90 Å². The van der Waals surface area contributed by atoms with E-state index in [1.54, 1.807) is 13.2 Å². The third-order valence-electron chi connectivity index (χ3n) is 2.19. The SMILES string of the molecule is CCN(c1ccc(Cl)nn1)C(C)COC. The first kappa shape index (κ1) is 12.2. The van der Waals surface area contributed by atoms with Gasteiger partial charge in [0.15, 0.2) is 11.0 Å². The van der Waals surface area contributed by atoms with Crippen LogP contribution in [0.3, 0.4) is 0 Å². The third-order valence-corrected chi connectivity index (χ3v) is 2.39. The molecule has 1 aromatic rings. The molecule has 5 heteroatoms. The predicted molar refractivity (Wildman–Crippen MR) is 61.4 cm³/mol. The maximum absolute atomic E-state index is 5.68. The summed E-state index contributed by atoms with van der Waals surface area (Å²) < 4.78 is 5.12. The Balaban J connectivity index is 2.77. The first-order valence-electron chi connectivity index (χ1n) is 4.93. The van der Waals surface area contributed by atoms with Crippen LogP contribution >= 0.6 is 11.6 Å². The van der Waals surface area contributed by atoms with Crippen molar-refractivity contribution in [2.45, 2.75) is 19.9 Å². The van der Waals surface area contributed by atoms with Crippen LogP contribution in [0.5, 0.6) is 0 Å². The van der Waals surface area contributed by atoms with Crippen LogP contribution in [0.1, 0.15) is 13.8 Å². The van der Waals surface area contributed by atoms with Gasteiger partial charge < -0.3 is 9.64 Å². The lowest BCUT2D eigenvalue weighted by atomic mass is 10.3. The van der Waals surface area contributed by atoms with Gasteiger partial charge in [0, 0.05) is 13.7 Å². The normalized spacial score (nSPS) is 12.5. The first-order chi connectivity index (χ1) is 7.19. The Hall–Kier alpha value is -0.870. The van der Waals surface area contributed by atoms with E-state index in [9.17, 15) is 0 Å². The Morgan fingerprint density at radius 2 is 2.20 bits per heavy atom. The molecular formula is C10H16ClN3O. The zero-order chi connectivity index (χ0) is 11.3. The Morgan fingerprint density at radius 3 is 2.67 bits per heavy atom. The highest BCUT2D eigenvalue weighted by atomic mass is 35.5. The second-order valence-electron chi connectivity index (χ2n) is 3.30. The van der Waals surface area contributed by atoms with Crippen molar-refractivity contribution < 1.29 is 4.74 Å². The molecule has 0 amide bonds. The summed E-state index contributed by atoms with van der Waals surface area (Å²) in [6.45, 7) is 5.69. The van der Waals surface area contributed by atoms with Crippen LogP contribution in [-0.2, 0) is 4.74 Å². The minimum absolute atomic E-state index is 0.274. The van der Waals surface area contributed by atoms with Crippen molar-refractivity contribution in [2.75, 3.05) is 25.2 Å². The number of methoxy groups -OCH3 is 1. The van der Waals surface area contributed by atoms with E-state index in [2.05, 4.69) is 28.9 Å². The molecule has 0 aromatic carbocycles. The van der Waals surface area contributed by atoms with Gasteiger partial charge in [-0.2, -0.15) is 0 Å². The number of halogens is 1. The highest BCUT2D eigenvalue weighted by Crippen LogP contribution is 2.14. The van der Waals surface area contributed by atoms with Crippen molar-refractivity contribution in [1.82, 2.24) is 10.2 Å². The highest BCUT2D eigenvalue weighted by Gasteiger charge is 2.13. The van der Waals surface area contributed by atoms with Gasteiger partial charge in [-0.1, -0.05) is 11.6 Å². The lowest BCUT2D eigenvalue weighted by Crippen LogP contribution is -2.36. The third kappa shape index (κ3) is 3.32. The molecule has 1 heterocycles. The second-order valence-corrected chi connectivity index (χ2v) is 3.69. The fourth-order valence-corrected chi connectivity index (χ4v) is 1.59. The molecule has 0 bridgehead atoms. The Labute approximate surface area is 95.2 Å². The van der Waals surface area contributed by atoms with Gasteiger partial charge in [0.05, 0.1) is 12.6 Å². The van der Waals surface area contributed by atoms with Gasteiger partial charge in [0.25, 0.3) is 0 Å². The van der Waals surface area contributed by atoms with Crippen LogP contribution in [-0.4, -0.2) is 36.5 Å². The van der Waals surface area contributed by atoms with E-state index in [4.69, 9.17) is 16.3 Å². The monoisotopic (exact) mass is 229 g/mol. The van der Waals surface area contributed by atoms with E-state index in [0.717, 1.165) is 12.4 Å². The van der Waals surface area contributed by atoms with E-state index in [1.807, 2.05) is 6.07 Å². The zero-order valence-electron chi connectivity index (χ0n) is 9.27. The number of aromatic nitrogens is 2. The lowest BCUT2D eigenvalue weighted by molar-refractivity contribution is 0.181. The van der Waals surface area contributed by atoms with Gasteiger partial charge in [-0.3, -0.25) is 0 Å². The molecule has 0 aliphatic rings. The molecule has 0 aliphatic carbocycles. The smallest absolute Gasteiger partial charge is 0.151 e. The standard InChI is InChI=1S/C10H16ClN3O/c1-4-14(8(2)7-15-3)10-6-5-9(11)12-13-10/h5-6,8H,4,7H2,1-3H3. The predicted octanol–water partition coefficient (Wildman–Crippen LogP) is 1.99. The summed E-state index contributed by atoms with van der Waals surface area (Å²) in [6.07, 6.45) is 0. The van der Waals surface area contributed by atoms with Gasteiger partial charge in [-0.25, -0.2) is 0 Å². The van der Waals surface area contributed by atoms with Crippen molar-refractivity contribution in [1.29, 1.82) is 0 Å². The Morgan fingerprint density at radius 1 is 1.47 bits per heavy atom. The van der Waals surface area contributed by atoms with Crippen LogP contribution in [0.4, 0.5) is 5.82 Å². The largest absolute Gasteiger partial charge is 0.383 e. The first-order valence-corrected chi connectivity index (χ1v) is 5.31. The second kappa shape index (κ2) is 5.88. The summed E-state index contributed by atoms with van der Waals surface area (Å²) >= 11 is 5.68. The van der Waals surface area contributed by atoms with Crippen molar-refractivity contribution >= 4 is 17.4 Å². The summed E-state index contributed by atoms with van der Waals surface area (Å²) in [6, 6.07) is 3.88. The van der Waals surface area contributed by atoms with E-state index in [0.29, 0.717) is 11.8 Å². The van der Waals surface area contributed by atoms with Crippen molar-refractivity contribution in [3.8, 4) is 0 Å². The fraction of sp³-hybridized carbons (Fsp3) is 0.600. The fourth-order valence-electron chi connectivity index (χ4n) is 1.49. The molecule has 0 aliphatic heterocycles. The average Bonchev–Trinajstić information content (AvgIpc) is 2.22. The highest BCUT2D eigenvalue weighted by molar-refractivity contribution is 6.29. The molecular weight excluding hydrogens is 214 g/mol. The summed E-state index contributed by atoms with van der Waals surface area (Å²) in [5, 5.41) is 8.28. The van der Waals surface area contributed by atoms with Crippen molar-refractivity contribution in [3.63, 3.8) is 0 Å². The van der Waals surface area contributed by atoms with Gasteiger partial charge in [-0.05, 0) is 26.0 Å². The number of ether oxygens (including phenoxy) is 1. The molecule has 4 nitrogen and oxygen atoms in total. The minimum Gasteiger partial charge on any atom is -0.383 e. The Bertz CT molecular complexity index is 291. The number of hydrogen-bond acceptors (Lipinski definition) is 4. The molecule has 15 heavy (non-hydrogen) atoms. The maximum Gasteiger partial charge on any atom is 0.151 e. The molecule has 0 radical (unpaired) electrons. The van der Waals surface area contributed by atoms with Gasteiger partial charge in [0.1, 0.15) is 0 Å². The molecule has 84 valence electrons. The van der Waals surface area contributed by atoms with Crippen LogP contribution in [0, 0.1) is 0 Å². The van der Waals surface area contributed by atoms with E-state index >= 15 is 0 Å². The van der Waals surface area contributed by atoms with Crippen LogP contribution in [0.15, 0.2) is 12.1 Å². The molecule has 0 spiro atoms.